The molecule has 0 aliphatic carbocycles. The van der Waals surface area contributed by atoms with Gasteiger partial charge in [-0.25, -0.2) is 4.79 Å². The number of hydrogen-bond donors (Lipinski definition) is 1. The van der Waals surface area contributed by atoms with Crippen LogP contribution in [0, 0.1) is 23.7 Å². The number of methoxy groups -OCH3 is 1. The van der Waals surface area contributed by atoms with Gasteiger partial charge in [0.15, 0.2) is 18.0 Å². The van der Waals surface area contributed by atoms with Crippen LogP contribution < -0.4 is 0 Å². The van der Waals surface area contributed by atoms with Crippen LogP contribution in [-0.2, 0) is 49.4 Å². The number of oxime groups is 1. The number of rotatable bonds is 11. The molecule has 14 atom stereocenters. The number of esters is 1. The summed E-state index contributed by atoms with van der Waals surface area (Å²) in [5.74, 6) is -2.89. The lowest BCUT2D eigenvalue weighted by atomic mass is 9.73. The lowest BCUT2D eigenvalue weighted by molar-refractivity contribution is -0.302. The molecular formula is C41H63ClN2O11. The van der Waals surface area contributed by atoms with E-state index in [1.165, 1.54) is 0 Å². The number of cyclic esters (lactones) is 1. The molecule has 55 heavy (non-hydrogen) atoms. The molecule has 0 radical (unpaired) electrons. The predicted octanol–water partition coefficient (Wildman–Crippen LogP) is 6.56. The second-order valence-electron chi connectivity index (χ2n) is 16.1. The highest BCUT2D eigenvalue weighted by atomic mass is 35.5. The number of nitrogens with zero attached hydrogens (tertiary/aromatic N) is 2. The van der Waals surface area contributed by atoms with E-state index in [4.69, 9.17) is 54.8 Å². The van der Waals surface area contributed by atoms with Crippen molar-refractivity contribution < 1.29 is 52.7 Å². The molecule has 3 fully saturated rings. The molecular weight excluding hydrogens is 732 g/mol. The maximum Gasteiger partial charge on any atom is 0.509 e. The molecule has 3 heterocycles. The molecule has 0 spiro atoms. The molecule has 13 nitrogen and oxygen atoms in total. The van der Waals surface area contributed by atoms with Gasteiger partial charge in [-0.3, -0.25) is 4.79 Å². The number of fused-ring (bicyclic) bond motifs is 1. The van der Waals surface area contributed by atoms with E-state index < -0.39 is 77.9 Å². The summed E-state index contributed by atoms with van der Waals surface area (Å²) in [6, 6.07) is 7.10. The van der Waals surface area contributed by atoms with E-state index in [-0.39, 0.29) is 31.3 Å². The molecule has 14 heteroatoms. The molecule has 1 N–H and O–H groups in total. The molecule has 0 aromatic heterocycles. The fraction of sp³-hybridized carbons (Fsp3) is 0.732. The van der Waals surface area contributed by atoms with Crippen LogP contribution in [0.4, 0.5) is 4.79 Å². The summed E-state index contributed by atoms with van der Waals surface area (Å²) in [6.45, 7) is 19.1. The normalized spacial score (nSPS) is 39.8. The van der Waals surface area contributed by atoms with Crippen molar-refractivity contribution in [3.8, 4) is 0 Å². The highest BCUT2D eigenvalue weighted by Crippen LogP contribution is 2.43. The molecule has 3 saturated heterocycles. The summed E-state index contributed by atoms with van der Waals surface area (Å²) >= 11 is 6.45. The summed E-state index contributed by atoms with van der Waals surface area (Å²) < 4.78 is 44.0. The van der Waals surface area contributed by atoms with Gasteiger partial charge in [0.05, 0.1) is 42.1 Å². The third-order valence-corrected chi connectivity index (χ3v) is 12.1. The van der Waals surface area contributed by atoms with Gasteiger partial charge in [0.1, 0.15) is 18.8 Å². The van der Waals surface area contributed by atoms with Crippen molar-refractivity contribution in [2.75, 3.05) is 27.8 Å². The number of aliphatic hydroxyl groups excluding tert-OH is 1. The number of carbonyl (C=O) groups is 2. The first-order chi connectivity index (χ1) is 25.9. The zero-order valence-corrected chi connectivity index (χ0v) is 35.1. The smallest absolute Gasteiger partial charge is 0.458 e. The zero-order valence-electron chi connectivity index (χ0n) is 34.4. The molecule has 0 bridgehead atoms. The minimum atomic E-state index is -1.37. The van der Waals surface area contributed by atoms with E-state index in [9.17, 15) is 14.7 Å². The molecule has 3 aliphatic rings. The van der Waals surface area contributed by atoms with Crippen LogP contribution in [0.5, 0.6) is 0 Å². The standard InChI is InChI=1S/C41H63ClN2O11/c1-13-19-49-34-26(6)35(53-38-33(45)30(44(10)11)20-24(4)51-38)40(8,48-12)21-23(3)32(43-50-22-28-17-15-16-18-29(28)42)25(5)36-41(9,55-39(47)54-36)31(14-2)52-37(46)27(34)7/h13,15-18,23-27,30-31,33-36,38,45H,1,14,19-22H2,2-12H3/b43-32+/t23-,24-,25+,26+,27-,30+,31-,33-,34+,35-,36-,38+,40-,41-/m1/s1. The van der Waals surface area contributed by atoms with Crippen LogP contribution >= 0.6 is 11.6 Å². The quantitative estimate of drug-likeness (QED) is 0.147. The Morgan fingerprint density at radius 1 is 1.09 bits per heavy atom. The van der Waals surface area contributed by atoms with Gasteiger partial charge in [-0.1, -0.05) is 68.7 Å². The Hall–Kier alpha value is -2.78. The Bertz CT molecular complexity index is 1500. The van der Waals surface area contributed by atoms with Gasteiger partial charge in [-0.2, -0.15) is 0 Å². The first-order valence-electron chi connectivity index (χ1n) is 19.4. The molecule has 4 rings (SSSR count). The van der Waals surface area contributed by atoms with E-state index in [1.54, 1.807) is 33.1 Å². The Morgan fingerprint density at radius 3 is 2.40 bits per heavy atom. The lowest BCUT2D eigenvalue weighted by Crippen LogP contribution is -2.60. The zero-order chi connectivity index (χ0) is 40.8. The molecule has 1 aromatic rings. The highest BCUT2D eigenvalue weighted by Gasteiger charge is 2.59. The molecule has 0 amide bonds. The molecule has 0 saturated carbocycles. The van der Waals surface area contributed by atoms with Gasteiger partial charge >= 0.3 is 12.1 Å². The van der Waals surface area contributed by atoms with Crippen molar-refractivity contribution in [3.63, 3.8) is 0 Å². The second-order valence-corrected chi connectivity index (χ2v) is 16.5. The first-order valence-corrected chi connectivity index (χ1v) is 19.8. The van der Waals surface area contributed by atoms with Crippen molar-refractivity contribution >= 4 is 29.4 Å². The summed E-state index contributed by atoms with van der Waals surface area (Å²) in [4.78, 5) is 35.2. The summed E-state index contributed by atoms with van der Waals surface area (Å²) in [5.41, 5.74) is -1.19. The monoisotopic (exact) mass is 794 g/mol. The number of halogens is 1. The Balaban J connectivity index is 1.88. The number of aliphatic hydroxyl groups is 1. The van der Waals surface area contributed by atoms with Crippen LogP contribution in [0.25, 0.3) is 0 Å². The van der Waals surface area contributed by atoms with Gasteiger partial charge in [-0.15, -0.1) is 6.58 Å². The van der Waals surface area contributed by atoms with Gasteiger partial charge < -0.3 is 48.0 Å². The molecule has 310 valence electrons. The van der Waals surface area contributed by atoms with Crippen LogP contribution in [0.15, 0.2) is 42.1 Å². The molecule has 0 unspecified atom stereocenters. The third-order valence-electron chi connectivity index (χ3n) is 11.7. The van der Waals surface area contributed by atoms with E-state index in [2.05, 4.69) is 6.58 Å². The highest BCUT2D eigenvalue weighted by molar-refractivity contribution is 6.31. The fourth-order valence-electron chi connectivity index (χ4n) is 8.64. The Kier molecular flexibility index (Phi) is 15.6. The topological polar surface area (TPSA) is 144 Å². The number of carbonyl (C=O) groups excluding carboxylic acids is 2. The first kappa shape index (κ1) is 44.9. The van der Waals surface area contributed by atoms with Crippen LogP contribution in [0.2, 0.25) is 5.02 Å². The minimum Gasteiger partial charge on any atom is -0.458 e. The Labute approximate surface area is 331 Å². The van der Waals surface area contributed by atoms with Crippen molar-refractivity contribution in [1.82, 2.24) is 4.90 Å². The SMILES string of the molecule is C=CCO[C@H]1[C@H](C)[C@@H](O[C@@H]2O[C@H](C)C[C@H](N(C)C)[C@H]2O)[C@](C)(OC)C[C@@H](C)/C(=N\OCc2ccccc2Cl)[C@H](C)[C@H]2OC(=O)O[C@]2(C)[C@@H](CC)OC(=O)[C@@H]1C. The van der Waals surface area contributed by atoms with E-state index >= 15 is 0 Å². The van der Waals surface area contributed by atoms with E-state index in [1.807, 2.05) is 78.7 Å². The number of likely N-dealkylation sites (N-methyl/N-ethyl adjacent to an activating group) is 1. The largest absolute Gasteiger partial charge is 0.509 e. The Morgan fingerprint density at radius 2 is 1.78 bits per heavy atom. The maximum absolute atomic E-state index is 14.2. The fourth-order valence-corrected chi connectivity index (χ4v) is 8.83. The van der Waals surface area contributed by atoms with Gasteiger partial charge in [0.25, 0.3) is 0 Å². The lowest BCUT2D eigenvalue weighted by Gasteiger charge is -2.48. The predicted molar refractivity (Wildman–Crippen MR) is 208 cm³/mol. The minimum absolute atomic E-state index is 0.0860. The number of benzene rings is 1. The molecule has 1 aromatic carbocycles. The van der Waals surface area contributed by atoms with Gasteiger partial charge in [0, 0.05) is 41.5 Å². The van der Waals surface area contributed by atoms with Crippen LogP contribution in [0.3, 0.4) is 0 Å². The second kappa shape index (κ2) is 19.1. The van der Waals surface area contributed by atoms with Crippen molar-refractivity contribution in [1.29, 1.82) is 0 Å². The number of hydrogen-bond acceptors (Lipinski definition) is 13. The summed E-state index contributed by atoms with van der Waals surface area (Å²) in [7, 11) is 5.43. The molecule has 3 aliphatic heterocycles. The van der Waals surface area contributed by atoms with Crippen molar-refractivity contribution in [3.05, 3.63) is 47.5 Å². The number of ether oxygens (including phenoxy) is 7. The third kappa shape index (κ3) is 10.0. The van der Waals surface area contributed by atoms with Crippen molar-refractivity contribution in [2.24, 2.45) is 28.8 Å². The maximum atomic E-state index is 14.2. The van der Waals surface area contributed by atoms with E-state index in [0.717, 1.165) is 5.56 Å². The summed E-state index contributed by atoms with van der Waals surface area (Å²) in [5, 5.41) is 16.9. The van der Waals surface area contributed by atoms with Crippen LogP contribution in [0.1, 0.15) is 80.2 Å². The summed E-state index contributed by atoms with van der Waals surface area (Å²) in [6.07, 6.45) is -3.63. The van der Waals surface area contributed by atoms with Crippen LogP contribution in [-0.4, -0.2) is 116 Å². The van der Waals surface area contributed by atoms with Crippen molar-refractivity contribution in [2.45, 2.75) is 141 Å². The average Bonchev–Trinajstić information content (AvgIpc) is 3.46. The van der Waals surface area contributed by atoms with Gasteiger partial charge in [0.2, 0.25) is 0 Å². The average molecular weight is 795 g/mol. The van der Waals surface area contributed by atoms with Gasteiger partial charge in [-0.05, 0) is 67.1 Å². The van der Waals surface area contributed by atoms with E-state index in [0.29, 0.717) is 30.0 Å².